The molecule has 18 heavy (non-hydrogen) atoms. The SMILES string of the molecule is N#Cc1ncccc1Oc1ccc(CCO)cc1. The summed E-state index contributed by atoms with van der Waals surface area (Å²) in [6.07, 6.45) is 2.17. The summed E-state index contributed by atoms with van der Waals surface area (Å²) in [7, 11) is 0. The first-order valence-electron chi connectivity index (χ1n) is 5.56. The van der Waals surface area contributed by atoms with Gasteiger partial charge in [0.25, 0.3) is 0 Å². The van der Waals surface area contributed by atoms with Crippen molar-refractivity contribution in [2.24, 2.45) is 0 Å². The molecule has 1 N–H and O–H groups in total. The quantitative estimate of drug-likeness (QED) is 0.890. The molecule has 1 heterocycles. The first kappa shape index (κ1) is 12.1. The van der Waals surface area contributed by atoms with Crippen LogP contribution >= 0.6 is 0 Å². The molecule has 0 aliphatic heterocycles. The number of aromatic nitrogens is 1. The van der Waals surface area contributed by atoms with Crippen molar-refractivity contribution in [3.05, 3.63) is 53.9 Å². The maximum atomic E-state index is 8.89. The van der Waals surface area contributed by atoms with Crippen LogP contribution in [-0.2, 0) is 6.42 Å². The van der Waals surface area contributed by atoms with Crippen LogP contribution in [0.1, 0.15) is 11.3 Å². The Morgan fingerprint density at radius 3 is 2.67 bits per heavy atom. The Hall–Kier alpha value is -2.38. The molecule has 0 amide bonds. The second kappa shape index (κ2) is 5.80. The number of nitrogens with zero attached hydrogens (tertiary/aromatic N) is 2. The van der Waals surface area contributed by atoms with Crippen molar-refractivity contribution in [3.8, 4) is 17.6 Å². The van der Waals surface area contributed by atoms with E-state index >= 15 is 0 Å². The molecule has 0 aliphatic carbocycles. The molecule has 0 fully saturated rings. The summed E-state index contributed by atoms with van der Waals surface area (Å²) in [5, 5.41) is 17.7. The predicted octanol–water partition coefficient (Wildman–Crippen LogP) is 2.28. The second-order valence-electron chi connectivity index (χ2n) is 3.68. The van der Waals surface area contributed by atoms with Gasteiger partial charge in [-0.3, -0.25) is 0 Å². The Morgan fingerprint density at radius 2 is 2.00 bits per heavy atom. The minimum Gasteiger partial charge on any atom is -0.454 e. The van der Waals surface area contributed by atoms with Crippen LogP contribution < -0.4 is 4.74 Å². The molecule has 2 aromatic rings. The van der Waals surface area contributed by atoms with Crippen LogP contribution in [0.2, 0.25) is 0 Å². The Labute approximate surface area is 105 Å². The van der Waals surface area contributed by atoms with Gasteiger partial charge >= 0.3 is 0 Å². The van der Waals surface area contributed by atoms with Crippen LogP contribution in [-0.4, -0.2) is 16.7 Å². The van der Waals surface area contributed by atoms with Crippen molar-refractivity contribution < 1.29 is 9.84 Å². The maximum Gasteiger partial charge on any atom is 0.183 e. The van der Waals surface area contributed by atoms with E-state index < -0.39 is 0 Å². The average molecular weight is 240 g/mol. The summed E-state index contributed by atoms with van der Waals surface area (Å²) < 4.78 is 5.59. The zero-order chi connectivity index (χ0) is 12.8. The number of ether oxygens (including phenoxy) is 1. The predicted molar refractivity (Wildman–Crippen MR) is 66.3 cm³/mol. The van der Waals surface area contributed by atoms with E-state index in [4.69, 9.17) is 15.1 Å². The summed E-state index contributed by atoms with van der Waals surface area (Å²) in [4.78, 5) is 3.92. The first-order valence-corrected chi connectivity index (χ1v) is 5.56. The van der Waals surface area contributed by atoms with E-state index in [1.54, 1.807) is 30.5 Å². The number of aliphatic hydroxyl groups is 1. The van der Waals surface area contributed by atoms with Crippen LogP contribution in [0.15, 0.2) is 42.6 Å². The zero-order valence-electron chi connectivity index (χ0n) is 9.71. The van der Waals surface area contributed by atoms with Crippen molar-refractivity contribution in [3.63, 3.8) is 0 Å². The van der Waals surface area contributed by atoms with Gasteiger partial charge in [0.1, 0.15) is 11.8 Å². The Bertz CT molecular complexity index is 559. The van der Waals surface area contributed by atoms with Crippen molar-refractivity contribution in [2.75, 3.05) is 6.61 Å². The van der Waals surface area contributed by atoms with Crippen LogP contribution in [0.4, 0.5) is 0 Å². The van der Waals surface area contributed by atoms with E-state index in [0.29, 0.717) is 17.9 Å². The molecule has 2 rings (SSSR count). The molecule has 0 unspecified atom stereocenters. The van der Waals surface area contributed by atoms with Gasteiger partial charge < -0.3 is 9.84 Å². The lowest BCUT2D eigenvalue weighted by atomic mass is 10.1. The monoisotopic (exact) mass is 240 g/mol. The average Bonchev–Trinajstić information content (AvgIpc) is 2.42. The fraction of sp³-hybridized carbons (Fsp3) is 0.143. The lowest BCUT2D eigenvalue weighted by molar-refractivity contribution is 0.299. The topological polar surface area (TPSA) is 66.1 Å². The number of hydrogen-bond donors (Lipinski definition) is 1. The highest BCUT2D eigenvalue weighted by Gasteiger charge is 2.04. The fourth-order valence-electron chi connectivity index (χ4n) is 1.54. The molecule has 4 nitrogen and oxygen atoms in total. The maximum absolute atomic E-state index is 8.89. The number of aliphatic hydroxyl groups excluding tert-OH is 1. The highest BCUT2D eigenvalue weighted by Crippen LogP contribution is 2.23. The smallest absolute Gasteiger partial charge is 0.183 e. The van der Waals surface area contributed by atoms with Crippen molar-refractivity contribution in [2.45, 2.75) is 6.42 Å². The van der Waals surface area contributed by atoms with Crippen LogP contribution in [0.5, 0.6) is 11.5 Å². The summed E-state index contributed by atoms with van der Waals surface area (Å²) in [6, 6.07) is 12.8. The molecule has 1 aromatic heterocycles. The largest absolute Gasteiger partial charge is 0.454 e. The van der Waals surface area contributed by atoms with Crippen molar-refractivity contribution >= 4 is 0 Å². The molecular weight excluding hydrogens is 228 g/mol. The van der Waals surface area contributed by atoms with Gasteiger partial charge in [0.2, 0.25) is 0 Å². The fourth-order valence-corrected chi connectivity index (χ4v) is 1.54. The Balaban J connectivity index is 2.16. The number of nitriles is 1. The molecule has 0 spiro atoms. The summed E-state index contributed by atoms with van der Waals surface area (Å²) >= 11 is 0. The second-order valence-corrected chi connectivity index (χ2v) is 3.68. The number of hydrogen-bond acceptors (Lipinski definition) is 4. The van der Waals surface area contributed by atoms with E-state index in [9.17, 15) is 0 Å². The Kier molecular flexibility index (Phi) is 3.90. The lowest BCUT2D eigenvalue weighted by Gasteiger charge is -2.07. The van der Waals surface area contributed by atoms with Crippen LogP contribution in [0.25, 0.3) is 0 Å². The van der Waals surface area contributed by atoms with E-state index in [0.717, 1.165) is 5.56 Å². The molecule has 0 atom stereocenters. The summed E-state index contributed by atoms with van der Waals surface area (Å²) in [6.45, 7) is 0.126. The van der Waals surface area contributed by atoms with Crippen LogP contribution in [0, 0.1) is 11.3 Å². The van der Waals surface area contributed by atoms with Gasteiger partial charge in [-0.15, -0.1) is 0 Å². The number of rotatable bonds is 4. The standard InChI is InChI=1S/C14H12N2O2/c15-10-13-14(2-1-8-16-13)18-12-5-3-11(4-6-12)7-9-17/h1-6,8,17H,7,9H2. The third-order valence-corrected chi connectivity index (χ3v) is 2.43. The van der Waals surface area contributed by atoms with E-state index in [2.05, 4.69) is 4.98 Å². The third-order valence-electron chi connectivity index (χ3n) is 2.43. The lowest BCUT2D eigenvalue weighted by Crippen LogP contribution is -1.92. The molecule has 0 saturated heterocycles. The van der Waals surface area contributed by atoms with Gasteiger partial charge in [0, 0.05) is 12.8 Å². The molecule has 90 valence electrons. The summed E-state index contributed by atoms with van der Waals surface area (Å²) in [5.41, 5.74) is 1.30. The highest BCUT2D eigenvalue weighted by atomic mass is 16.5. The third kappa shape index (κ3) is 2.84. The first-order chi connectivity index (χ1) is 8.83. The number of pyridine rings is 1. The van der Waals surface area contributed by atoms with Crippen molar-refractivity contribution in [1.29, 1.82) is 5.26 Å². The molecule has 1 aromatic carbocycles. The number of benzene rings is 1. The minimum absolute atomic E-state index is 0.126. The summed E-state index contributed by atoms with van der Waals surface area (Å²) in [5.74, 6) is 1.08. The van der Waals surface area contributed by atoms with E-state index in [1.807, 2.05) is 18.2 Å². The van der Waals surface area contributed by atoms with Gasteiger partial charge in [-0.2, -0.15) is 5.26 Å². The molecule has 4 heteroatoms. The van der Waals surface area contributed by atoms with Crippen LogP contribution in [0.3, 0.4) is 0 Å². The van der Waals surface area contributed by atoms with E-state index in [-0.39, 0.29) is 12.3 Å². The molecule has 0 radical (unpaired) electrons. The van der Waals surface area contributed by atoms with Crippen molar-refractivity contribution in [1.82, 2.24) is 4.98 Å². The van der Waals surface area contributed by atoms with E-state index in [1.165, 1.54) is 0 Å². The normalized spacial score (nSPS) is 9.78. The zero-order valence-corrected chi connectivity index (χ0v) is 9.71. The minimum atomic E-state index is 0.126. The van der Waals surface area contributed by atoms with Gasteiger partial charge in [-0.1, -0.05) is 12.1 Å². The highest BCUT2D eigenvalue weighted by molar-refractivity contribution is 5.40. The molecule has 0 bridgehead atoms. The molecule has 0 saturated carbocycles. The van der Waals surface area contributed by atoms with Gasteiger partial charge in [-0.05, 0) is 36.2 Å². The van der Waals surface area contributed by atoms with Gasteiger partial charge in [-0.25, -0.2) is 4.98 Å². The molecular formula is C14H12N2O2. The van der Waals surface area contributed by atoms with Gasteiger partial charge in [0.15, 0.2) is 11.4 Å². The molecule has 0 aliphatic rings. The Morgan fingerprint density at radius 1 is 1.22 bits per heavy atom. The van der Waals surface area contributed by atoms with Gasteiger partial charge in [0.05, 0.1) is 0 Å².